The number of unbranched alkanes of at least 4 members (excludes halogenated alkanes) is 14. The fourth-order valence-corrected chi connectivity index (χ4v) is 4.75. The van der Waals surface area contributed by atoms with Crippen LogP contribution in [0.2, 0.25) is 5.02 Å². The molecular weight excluding hydrogens is 442 g/mol. The van der Waals surface area contributed by atoms with Crippen molar-refractivity contribution < 1.29 is 0 Å². The van der Waals surface area contributed by atoms with E-state index < -0.39 is 0 Å². The lowest BCUT2D eigenvalue weighted by atomic mass is 10.0. The van der Waals surface area contributed by atoms with Gasteiger partial charge in [0, 0.05) is 22.8 Å². The molecule has 186 valence electrons. The van der Waals surface area contributed by atoms with Gasteiger partial charge in [-0.05, 0) is 30.5 Å². The minimum Gasteiger partial charge on any atom is -0.289 e. The Morgan fingerprint density at radius 3 is 1.85 bits per heavy atom. The smallest absolute Gasteiger partial charge is 0.272 e. The lowest BCUT2D eigenvalue weighted by Crippen LogP contribution is -2.15. The molecule has 0 amide bonds. The van der Waals surface area contributed by atoms with Gasteiger partial charge < -0.3 is 0 Å². The van der Waals surface area contributed by atoms with Crippen LogP contribution in [0.15, 0.2) is 41.2 Å². The number of H-pyrrole nitrogens is 1. The summed E-state index contributed by atoms with van der Waals surface area (Å²) in [5.74, 6) is 0. The highest BCUT2D eigenvalue weighted by Crippen LogP contribution is 2.21. The molecule has 0 saturated carbocycles. The van der Waals surface area contributed by atoms with Gasteiger partial charge in [-0.2, -0.15) is 0 Å². The quantitative estimate of drug-likeness (QED) is 0.195. The molecular formula is C29H42ClN3O. The molecule has 4 nitrogen and oxygen atoms in total. The maximum absolute atomic E-state index is 12.5. The first-order valence-corrected chi connectivity index (χ1v) is 13.9. The van der Waals surface area contributed by atoms with E-state index in [1.54, 1.807) is 6.07 Å². The Kier molecular flexibility index (Phi) is 11.7. The number of halogens is 1. The number of aromatic amines is 1. The number of hydrogen-bond acceptors (Lipinski definition) is 2. The molecule has 2 heterocycles. The molecule has 0 unspecified atom stereocenters. The maximum Gasteiger partial charge on any atom is 0.272 e. The summed E-state index contributed by atoms with van der Waals surface area (Å²) in [6.07, 6.45) is 21.2. The predicted molar refractivity (Wildman–Crippen MR) is 145 cm³/mol. The van der Waals surface area contributed by atoms with Crippen LogP contribution in [0.25, 0.3) is 16.9 Å². The molecule has 5 heteroatoms. The van der Waals surface area contributed by atoms with Crippen LogP contribution < -0.4 is 5.56 Å². The molecule has 1 N–H and O–H groups in total. The van der Waals surface area contributed by atoms with Gasteiger partial charge in [0.1, 0.15) is 0 Å². The molecule has 0 spiro atoms. The Labute approximate surface area is 210 Å². The van der Waals surface area contributed by atoms with Gasteiger partial charge in [-0.25, -0.2) is 9.50 Å². The topological polar surface area (TPSA) is 50.2 Å². The molecule has 3 rings (SSSR count). The fourth-order valence-electron chi connectivity index (χ4n) is 4.62. The van der Waals surface area contributed by atoms with Crippen molar-refractivity contribution in [1.29, 1.82) is 0 Å². The van der Waals surface area contributed by atoms with Gasteiger partial charge in [-0.15, -0.1) is 0 Å². The lowest BCUT2D eigenvalue weighted by molar-refractivity contribution is 0.532. The molecule has 0 aliphatic rings. The molecule has 0 fully saturated rings. The van der Waals surface area contributed by atoms with E-state index in [0.29, 0.717) is 10.7 Å². The number of rotatable bonds is 17. The summed E-state index contributed by atoms with van der Waals surface area (Å²) in [7, 11) is 0. The summed E-state index contributed by atoms with van der Waals surface area (Å²) in [6.45, 7) is 2.28. The summed E-state index contributed by atoms with van der Waals surface area (Å²) in [4.78, 5) is 17.2. The largest absolute Gasteiger partial charge is 0.289 e. The molecule has 0 bridgehead atoms. The van der Waals surface area contributed by atoms with Crippen molar-refractivity contribution in [2.75, 3.05) is 0 Å². The Bertz CT molecular complexity index is 1020. The normalized spacial score (nSPS) is 11.5. The van der Waals surface area contributed by atoms with Gasteiger partial charge in [-0.1, -0.05) is 121 Å². The van der Waals surface area contributed by atoms with Crippen LogP contribution in [-0.4, -0.2) is 14.6 Å². The van der Waals surface area contributed by atoms with Crippen LogP contribution in [-0.2, 0) is 6.42 Å². The van der Waals surface area contributed by atoms with Crippen molar-refractivity contribution in [3.63, 3.8) is 0 Å². The van der Waals surface area contributed by atoms with Crippen molar-refractivity contribution in [2.24, 2.45) is 0 Å². The van der Waals surface area contributed by atoms with Gasteiger partial charge in [-0.3, -0.25) is 9.89 Å². The Morgan fingerprint density at radius 2 is 1.29 bits per heavy atom. The van der Waals surface area contributed by atoms with Crippen LogP contribution in [0.3, 0.4) is 0 Å². The first-order chi connectivity index (χ1) is 16.7. The second-order valence-corrected chi connectivity index (χ2v) is 10.1. The van der Waals surface area contributed by atoms with Crippen LogP contribution >= 0.6 is 11.6 Å². The number of fused-ring (bicyclic) bond motifs is 1. The average Bonchev–Trinajstić information content (AvgIpc) is 3.27. The second kappa shape index (κ2) is 15.0. The third kappa shape index (κ3) is 8.94. The van der Waals surface area contributed by atoms with E-state index in [1.807, 2.05) is 30.3 Å². The molecule has 1 aromatic carbocycles. The van der Waals surface area contributed by atoms with E-state index >= 15 is 0 Å². The minimum atomic E-state index is -0.0545. The third-order valence-electron chi connectivity index (χ3n) is 6.70. The molecule has 0 aliphatic carbocycles. The first kappa shape index (κ1) is 26.5. The van der Waals surface area contributed by atoms with Crippen molar-refractivity contribution in [1.82, 2.24) is 14.6 Å². The standard InChI is InChI=1S/C29H42ClN3O/c1-2-3-4-5-6-7-8-9-10-11-12-13-14-15-16-17-26-22-29(34)33-28(31-26)23-27(32-33)24-18-20-25(30)21-19-24/h18-23,32H,2-17H2,1H3. The monoisotopic (exact) mass is 483 g/mol. The Balaban J connectivity index is 1.28. The fraction of sp³-hybridized carbons (Fsp3) is 0.586. The molecule has 0 radical (unpaired) electrons. The predicted octanol–water partition coefficient (Wildman–Crippen LogP) is 8.76. The van der Waals surface area contributed by atoms with Gasteiger partial charge >= 0.3 is 0 Å². The van der Waals surface area contributed by atoms with Crippen molar-refractivity contribution in [2.45, 2.75) is 110 Å². The van der Waals surface area contributed by atoms with E-state index in [9.17, 15) is 4.79 Å². The molecule has 3 aromatic rings. The summed E-state index contributed by atoms with van der Waals surface area (Å²) in [6, 6.07) is 11.2. The molecule has 0 aliphatic heterocycles. The van der Waals surface area contributed by atoms with E-state index in [-0.39, 0.29) is 5.56 Å². The van der Waals surface area contributed by atoms with Crippen molar-refractivity contribution >= 4 is 17.2 Å². The zero-order valence-electron chi connectivity index (χ0n) is 21.0. The van der Waals surface area contributed by atoms with Crippen molar-refractivity contribution in [3.8, 4) is 11.3 Å². The minimum absolute atomic E-state index is 0.0545. The van der Waals surface area contributed by atoms with Gasteiger partial charge in [0.25, 0.3) is 5.56 Å². The third-order valence-corrected chi connectivity index (χ3v) is 6.95. The van der Waals surface area contributed by atoms with Gasteiger partial charge in [0.2, 0.25) is 0 Å². The Hall–Kier alpha value is -2.07. The summed E-state index contributed by atoms with van der Waals surface area (Å²) >= 11 is 5.98. The highest BCUT2D eigenvalue weighted by molar-refractivity contribution is 6.30. The number of aryl methyl sites for hydroxylation is 1. The molecule has 2 aromatic heterocycles. The number of aromatic nitrogens is 3. The van der Waals surface area contributed by atoms with Crippen LogP contribution in [0.4, 0.5) is 0 Å². The van der Waals surface area contributed by atoms with Crippen LogP contribution in [0.1, 0.15) is 109 Å². The molecule has 0 atom stereocenters. The van der Waals surface area contributed by atoms with Crippen LogP contribution in [0.5, 0.6) is 0 Å². The van der Waals surface area contributed by atoms with E-state index in [4.69, 9.17) is 16.6 Å². The number of benzene rings is 1. The average molecular weight is 484 g/mol. The number of hydrogen-bond donors (Lipinski definition) is 1. The number of nitrogens with zero attached hydrogens (tertiary/aromatic N) is 2. The highest BCUT2D eigenvalue weighted by Gasteiger charge is 2.08. The molecule has 0 saturated heterocycles. The zero-order valence-corrected chi connectivity index (χ0v) is 21.7. The van der Waals surface area contributed by atoms with E-state index in [0.717, 1.165) is 29.8 Å². The van der Waals surface area contributed by atoms with E-state index in [2.05, 4.69) is 12.0 Å². The lowest BCUT2D eigenvalue weighted by Gasteiger charge is -2.04. The summed E-state index contributed by atoms with van der Waals surface area (Å²) < 4.78 is 1.51. The first-order valence-electron chi connectivity index (χ1n) is 13.5. The second-order valence-electron chi connectivity index (χ2n) is 9.66. The van der Waals surface area contributed by atoms with Crippen molar-refractivity contribution in [3.05, 3.63) is 57.5 Å². The van der Waals surface area contributed by atoms with E-state index in [1.165, 1.54) is 94.4 Å². The zero-order chi connectivity index (χ0) is 24.0. The van der Waals surface area contributed by atoms with Gasteiger partial charge in [0.15, 0.2) is 5.65 Å². The Morgan fingerprint density at radius 1 is 0.765 bits per heavy atom. The van der Waals surface area contributed by atoms with Gasteiger partial charge in [0.05, 0.1) is 5.69 Å². The van der Waals surface area contributed by atoms with Crippen LogP contribution in [0, 0.1) is 0 Å². The maximum atomic E-state index is 12.5. The highest BCUT2D eigenvalue weighted by atomic mass is 35.5. The SMILES string of the molecule is CCCCCCCCCCCCCCCCCc1cc(=O)n2[nH]c(-c3ccc(Cl)cc3)cc2n1. The number of nitrogens with one attached hydrogen (secondary N) is 1. The summed E-state index contributed by atoms with van der Waals surface area (Å²) in [5, 5.41) is 3.84. The summed E-state index contributed by atoms with van der Waals surface area (Å²) in [5.41, 5.74) is 3.36. The molecule has 34 heavy (non-hydrogen) atoms.